The Morgan fingerprint density at radius 2 is 2.10 bits per heavy atom. The molecule has 5 nitrogen and oxygen atoms in total. The van der Waals surface area contributed by atoms with Crippen molar-refractivity contribution in [1.82, 2.24) is 9.97 Å². The summed E-state index contributed by atoms with van der Waals surface area (Å²) in [7, 11) is 0. The van der Waals surface area contributed by atoms with Gasteiger partial charge in [-0.2, -0.15) is 0 Å². The highest BCUT2D eigenvalue weighted by Crippen LogP contribution is 2.31. The maximum atomic E-state index is 11.3. The summed E-state index contributed by atoms with van der Waals surface area (Å²) in [5.74, 6) is 0.776. The predicted octanol–water partition coefficient (Wildman–Crippen LogP) is 3.57. The van der Waals surface area contributed by atoms with Crippen molar-refractivity contribution in [2.75, 3.05) is 11.9 Å². The third-order valence-corrected chi connectivity index (χ3v) is 3.10. The standard InChI is InChI=1S/C13H13Cl2N3O2/c1-2-20-12(19)6-10-16-7-11(17-10)18-13-8(14)4-3-5-9(13)15/h3-5,7,18H,2,6H2,1H3,(H,16,17). The molecule has 0 bridgehead atoms. The number of halogens is 2. The van der Waals surface area contributed by atoms with Crippen LogP contribution in [0.4, 0.5) is 11.5 Å². The molecular weight excluding hydrogens is 301 g/mol. The molecule has 20 heavy (non-hydrogen) atoms. The normalized spacial score (nSPS) is 10.3. The summed E-state index contributed by atoms with van der Waals surface area (Å²) in [4.78, 5) is 18.4. The SMILES string of the molecule is CCOC(=O)Cc1ncc(Nc2c(Cl)cccc2Cl)[nH]1. The lowest BCUT2D eigenvalue weighted by Gasteiger charge is -2.07. The molecule has 2 rings (SSSR count). The van der Waals surface area contributed by atoms with Gasteiger partial charge in [0.15, 0.2) is 0 Å². The smallest absolute Gasteiger partial charge is 0.313 e. The lowest BCUT2D eigenvalue weighted by molar-refractivity contribution is -0.142. The topological polar surface area (TPSA) is 67.0 Å². The van der Waals surface area contributed by atoms with E-state index in [0.29, 0.717) is 34.0 Å². The Morgan fingerprint density at radius 1 is 1.40 bits per heavy atom. The fourth-order valence-electron chi connectivity index (χ4n) is 1.62. The molecule has 7 heteroatoms. The van der Waals surface area contributed by atoms with Crippen LogP contribution in [0.1, 0.15) is 12.7 Å². The maximum Gasteiger partial charge on any atom is 0.313 e. The van der Waals surface area contributed by atoms with Crippen LogP contribution in [0, 0.1) is 0 Å². The molecule has 1 aromatic carbocycles. The van der Waals surface area contributed by atoms with Crippen molar-refractivity contribution in [2.45, 2.75) is 13.3 Å². The second-order valence-electron chi connectivity index (χ2n) is 3.95. The summed E-state index contributed by atoms with van der Waals surface area (Å²) in [6, 6.07) is 5.21. The Hall–Kier alpha value is -1.72. The number of aromatic amines is 1. The molecule has 0 saturated heterocycles. The summed E-state index contributed by atoms with van der Waals surface area (Å²) < 4.78 is 4.85. The van der Waals surface area contributed by atoms with Gasteiger partial charge < -0.3 is 15.0 Å². The number of imidazole rings is 1. The molecule has 2 N–H and O–H groups in total. The van der Waals surface area contributed by atoms with Crippen molar-refractivity contribution in [3.8, 4) is 0 Å². The summed E-state index contributed by atoms with van der Waals surface area (Å²) in [5.41, 5.74) is 0.585. The van der Waals surface area contributed by atoms with E-state index in [4.69, 9.17) is 27.9 Å². The number of benzene rings is 1. The second-order valence-corrected chi connectivity index (χ2v) is 4.76. The zero-order valence-electron chi connectivity index (χ0n) is 10.7. The van der Waals surface area contributed by atoms with Crippen molar-refractivity contribution in [3.05, 3.63) is 40.3 Å². The zero-order chi connectivity index (χ0) is 14.5. The number of nitrogens with zero attached hydrogens (tertiary/aromatic N) is 1. The highest BCUT2D eigenvalue weighted by molar-refractivity contribution is 6.39. The first kappa shape index (κ1) is 14.7. The monoisotopic (exact) mass is 313 g/mol. The van der Waals surface area contributed by atoms with Crippen molar-refractivity contribution in [1.29, 1.82) is 0 Å². The number of esters is 1. The third-order valence-electron chi connectivity index (χ3n) is 2.47. The Kier molecular flexibility index (Phi) is 4.87. The van der Waals surface area contributed by atoms with Gasteiger partial charge in [0.25, 0.3) is 0 Å². The molecule has 0 radical (unpaired) electrons. The van der Waals surface area contributed by atoms with Gasteiger partial charge in [0.2, 0.25) is 0 Å². The van der Waals surface area contributed by atoms with E-state index in [9.17, 15) is 4.79 Å². The largest absolute Gasteiger partial charge is 0.466 e. The minimum absolute atomic E-state index is 0.0891. The number of carbonyl (C=O) groups is 1. The molecule has 0 atom stereocenters. The highest BCUT2D eigenvalue weighted by atomic mass is 35.5. The van der Waals surface area contributed by atoms with Gasteiger partial charge in [-0.05, 0) is 19.1 Å². The van der Waals surface area contributed by atoms with Gasteiger partial charge in [-0.15, -0.1) is 0 Å². The molecule has 0 aliphatic carbocycles. The summed E-state index contributed by atoms with van der Waals surface area (Å²) in [6.07, 6.45) is 1.65. The number of H-pyrrole nitrogens is 1. The zero-order valence-corrected chi connectivity index (χ0v) is 12.3. The van der Waals surface area contributed by atoms with Gasteiger partial charge in [-0.1, -0.05) is 29.3 Å². The molecule has 1 heterocycles. The number of hydrogen-bond donors (Lipinski definition) is 2. The van der Waals surface area contributed by atoms with E-state index in [-0.39, 0.29) is 12.4 Å². The lowest BCUT2D eigenvalue weighted by atomic mass is 10.3. The Balaban J connectivity index is 2.08. The maximum absolute atomic E-state index is 11.3. The quantitative estimate of drug-likeness (QED) is 0.828. The van der Waals surface area contributed by atoms with E-state index in [1.807, 2.05) is 0 Å². The lowest BCUT2D eigenvalue weighted by Crippen LogP contribution is -2.08. The fourth-order valence-corrected chi connectivity index (χ4v) is 2.11. The van der Waals surface area contributed by atoms with E-state index in [1.165, 1.54) is 0 Å². The molecule has 0 aliphatic rings. The Bertz CT molecular complexity index is 593. The predicted molar refractivity (Wildman–Crippen MR) is 78.7 cm³/mol. The van der Waals surface area contributed by atoms with E-state index in [2.05, 4.69) is 15.3 Å². The Labute approximate surface area is 126 Å². The molecule has 1 aromatic heterocycles. The van der Waals surface area contributed by atoms with E-state index in [1.54, 1.807) is 31.3 Å². The van der Waals surface area contributed by atoms with Crippen molar-refractivity contribution in [2.24, 2.45) is 0 Å². The minimum atomic E-state index is -0.329. The number of hydrogen-bond acceptors (Lipinski definition) is 4. The van der Waals surface area contributed by atoms with Crippen LogP contribution in [0.5, 0.6) is 0 Å². The second kappa shape index (κ2) is 6.63. The number of para-hydroxylation sites is 1. The number of rotatable bonds is 5. The summed E-state index contributed by atoms with van der Waals surface area (Å²) in [6.45, 7) is 2.10. The number of ether oxygens (including phenoxy) is 1. The number of anilines is 2. The number of nitrogens with one attached hydrogen (secondary N) is 2. The van der Waals surface area contributed by atoms with Crippen LogP contribution >= 0.6 is 23.2 Å². The molecule has 0 spiro atoms. The average molecular weight is 314 g/mol. The van der Waals surface area contributed by atoms with E-state index < -0.39 is 0 Å². The molecular formula is C13H13Cl2N3O2. The van der Waals surface area contributed by atoms with Gasteiger partial charge in [-0.3, -0.25) is 4.79 Å². The molecule has 0 saturated carbocycles. The third kappa shape index (κ3) is 3.65. The van der Waals surface area contributed by atoms with Gasteiger partial charge in [-0.25, -0.2) is 4.98 Å². The van der Waals surface area contributed by atoms with Crippen molar-refractivity contribution >= 4 is 40.7 Å². The first-order valence-electron chi connectivity index (χ1n) is 6.00. The van der Waals surface area contributed by atoms with Crippen molar-refractivity contribution in [3.63, 3.8) is 0 Å². The van der Waals surface area contributed by atoms with Gasteiger partial charge in [0.05, 0.1) is 28.5 Å². The molecule has 0 fully saturated rings. The van der Waals surface area contributed by atoms with Gasteiger partial charge in [0.1, 0.15) is 18.1 Å². The van der Waals surface area contributed by atoms with Crippen LogP contribution < -0.4 is 5.32 Å². The number of carbonyl (C=O) groups excluding carboxylic acids is 1. The Morgan fingerprint density at radius 3 is 2.75 bits per heavy atom. The van der Waals surface area contributed by atoms with Crippen LogP contribution in [0.3, 0.4) is 0 Å². The summed E-state index contributed by atoms with van der Waals surface area (Å²) in [5, 5.41) is 4.03. The van der Waals surface area contributed by atoms with E-state index in [0.717, 1.165) is 0 Å². The van der Waals surface area contributed by atoms with Crippen LogP contribution in [0.2, 0.25) is 10.0 Å². The number of aromatic nitrogens is 2. The van der Waals surface area contributed by atoms with Crippen LogP contribution in [-0.4, -0.2) is 22.5 Å². The molecule has 0 aliphatic heterocycles. The van der Waals surface area contributed by atoms with Gasteiger partial charge in [0, 0.05) is 0 Å². The highest BCUT2D eigenvalue weighted by Gasteiger charge is 2.10. The van der Waals surface area contributed by atoms with Gasteiger partial charge >= 0.3 is 5.97 Å². The minimum Gasteiger partial charge on any atom is -0.466 e. The molecule has 0 amide bonds. The first-order chi connectivity index (χ1) is 9.60. The van der Waals surface area contributed by atoms with Crippen LogP contribution in [0.15, 0.2) is 24.4 Å². The average Bonchev–Trinajstić information content (AvgIpc) is 2.82. The fraction of sp³-hybridized carbons (Fsp3) is 0.231. The van der Waals surface area contributed by atoms with Crippen LogP contribution in [0.25, 0.3) is 0 Å². The summed E-state index contributed by atoms with van der Waals surface area (Å²) >= 11 is 12.1. The van der Waals surface area contributed by atoms with Crippen LogP contribution in [-0.2, 0) is 16.0 Å². The molecule has 106 valence electrons. The molecule has 0 unspecified atom stereocenters. The molecule has 2 aromatic rings. The first-order valence-corrected chi connectivity index (χ1v) is 6.76. The van der Waals surface area contributed by atoms with E-state index >= 15 is 0 Å². The van der Waals surface area contributed by atoms with Crippen molar-refractivity contribution < 1.29 is 9.53 Å².